The van der Waals surface area contributed by atoms with Gasteiger partial charge in [0.2, 0.25) is 5.91 Å². The minimum atomic E-state index is -0.396. The topological polar surface area (TPSA) is 91.7 Å². The number of thioether (sulfide) groups is 1. The van der Waals surface area contributed by atoms with Crippen LogP contribution in [-0.4, -0.2) is 61.0 Å². The number of benzene rings is 1. The van der Waals surface area contributed by atoms with Crippen LogP contribution >= 0.6 is 23.1 Å². The van der Waals surface area contributed by atoms with Gasteiger partial charge in [0.15, 0.2) is 11.4 Å². The van der Waals surface area contributed by atoms with Gasteiger partial charge in [-0.3, -0.25) is 14.2 Å². The maximum absolute atomic E-state index is 13.5. The Hall–Kier alpha value is -1.98. The van der Waals surface area contributed by atoms with Gasteiger partial charge in [0.25, 0.3) is 5.56 Å². The van der Waals surface area contributed by atoms with E-state index in [9.17, 15) is 9.59 Å². The third-order valence-electron chi connectivity index (χ3n) is 4.92. The lowest BCUT2D eigenvalue weighted by Gasteiger charge is -2.18. The summed E-state index contributed by atoms with van der Waals surface area (Å²) in [5.41, 5.74) is 0.585. The summed E-state index contributed by atoms with van der Waals surface area (Å²) in [6.45, 7) is 6.41. The molecule has 10 heteroatoms. The Labute approximate surface area is 201 Å². The number of ether oxygens (including phenoxy) is 3. The van der Waals surface area contributed by atoms with Crippen molar-refractivity contribution >= 4 is 49.3 Å². The van der Waals surface area contributed by atoms with Gasteiger partial charge in [-0.05, 0) is 26.3 Å². The molecule has 2 aromatic heterocycles. The second-order valence-electron chi connectivity index (χ2n) is 7.24. The molecule has 0 aliphatic carbocycles. The summed E-state index contributed by atoms with van der Waals surface area (Å²) in [4.78, 5) is 30.6. The second-order valence-corrected chi connectivity index (χ2v) is 9.24. The van der Waals surface area contributed by atoms with Crippen LogP contribution in [-0.2, 0) is 25.5 Å². The highest BCUT2D eigenvalue weighted by atomic mass is 32.2. The molecule has 0 bridgehead atoms. The number of hydrogen-bond acceptors (Lipinski definition) is 8. The summed E-state index contributed by atoms with van der Waals surface area (Å²) >= 11 is 2.72. The van der Waals surface area contributed by atoms with Crippen molar-refractivity contribution in [1.82, 2.24) is 14.9 Å². The summed E-state index contributed by atoms with van der Waals surface area (Å²) in [6, 6.07) is 7.86. The first kappa shape index (κ1) is 25.6. The molecule has 0 aliphatic rings. The zero-order valence-electron chi connectivity index (χ0n) is 19.3. The van der Waals surface area contributed by atoms with Crippen molar-refractivity contribution < 1.29 is 19.0 Å². The number of nitrogens with one attached hydrogen (secondary N) is 1. The van der Waals surface area contributed by atoms with E-state index in [0.717, 1.165) is 16.5 Å². The first-order valence-electron chi connectivity index (χ1n) is 11.1. The molecule has 0 fully saturated rings. The zero-order valence-corrected chi connectivity index (χ0v) is 20.9. The van der Waals surface area contributed by atoms with Gasteiger partial charge in [0.1, 0.15) is 4.70 Å². The summed E-state index contributed by atoms with van der Waals surface area (Å²) in [7, 11) is 1.63. The SMILES string of the molecule is CCOC(CCn1c(SCC(=O)NCCCOC)nc2c(sc3ccccc32)c1=O)OCC. The highest BCUT2D eigenvalue weighted by molar-refractivity contribution is 7.99. The van der Waals surface area contributed by atoms with E-state index in [2.05, 4.69) is 5.32 Å². The molecular formula is C23H31N3O5S2. The number of carbonyl (C=O) groups excluding carboxylic acids is 1. The third kappa shape index (κ3) is 6.77. The number of rotatable bonds is 14. The van der Waals surface area contributed by atoms with Crippen molar-refractivity contribution in [2.45, 2.75) is 44.7 Å². The maximum Gasteiger partial charge on any atom is 0.272 e. The van der Waals surface area contributed by atoms with Crippen LogP contribution in [0.2, 0.25) is 0 Å². The zero-order chi connectivity index (χ0) is 23.6. The van der Waals surface area contributed by atoms with Gasteiger partial charge in [-0.25, -0.2) is 4.98 Å². The van der Waals surface area contributed by atoms with Crippen molar-refractivity contribution in [3.63, 3.8) is 0 Å². The Kier molecular flexibility index (Phi) is 10.1. The maximum atomic E-state index is 13.5. The molecule has 33 heavy (non-hydrogen) atoms. The van der Waals surface area contributed by atoms with Gasteiger partial charge in [-0.2, -0.15) is 0 Å². The van der Waals surface area contributed by atoms with Gasteiger partial charge < -0.3 is 19.5 Å². The summed E-state index contributed by atoms with van der Waals surface area (Å²) < 4.78 is 19.6. The van der Waals surface area contributed by atoms with E-state index >= 15 is 0 Å². The number of nitrogens with zero attached hydrogens (tertiary/aromatic N) is 2. The van der Waals surface area contributed by atoms with Crippen molar-refractivity contribution in [3.05, 3.63) is 34.6 Å². The molecule has 3 rings (SSSR count). The number of thiophene rings is 1. The predicted octanol–water partition coefficient (Wildman–Crippen LogP) is 3.65. The molecule has 0 aliphatic heterocycles. The Bertz CT molecular complexity index is 1110. The summed E-state index contributed by atoms with van der Waals surface area (Å²) in [5, 5.41) is 4.35. The van der Waals surface area contributed by atoms with E-state index in [0.29, 0.717) is 54.7 Å². The van der Waals surface area contributed by atoms with Gasteiger partial charge in [-0.1, -0.05) is 30.0 Å². The molecule has 3 aromatic rings. The Balaban J connectivity index is 1.87. The molecule has 1 aromatic carbocycles. The van der Waals surface area contributed by atoms with Crippen LogP contribution in [0.25, 0.3) is 20.3 Å². The molecule has 1 N–H and O–H groups in total. The average molecular weight is 494 g/mol. The average Bonchev–Trinajstić information content (AvgIpc) is 3.19. The number of aromatic nitrogens is 2. The number of hydrogen-bond donors (Lipinski definition) is 1. The third-order valence-corrected chi connectivity index (χ3v) is 7.04. The van der Waals surface area contributed by atoms with Crippen LogP contribution in [0.3, 0.4) is 0 Å². The fourth-order valence-corrected chi connectivity index (χ4v) is 5.35. The van der Waals surface area contributed by atoms with Crippen LogP contribution in [0.5, 0.6) is 0 Å². The van der Waals surface area contributed by atoms with Crippen molar-refractivity contribution in [3.8, 4) is 0 Å². The molecule has 0 saturated heterocycles. The Morgan fingerprint density at radius 3 is 2.73 bits per heavy atom. The van der Waals surface area contributed by atoms with E-state index in [-0.39, 0.29) is 17.2 Å². The number of amides is 1. The quantitative estimate of drug-likeness (QED) is 0.159. The smallest absolute Gasteiger partial charge is 0.272 e. The van der Waals surface area contributed by atoms with E-state index in [4.69, 9.17) is 19.2 Å². The van der Waals surface area contributed by atoms with Gasteiger partial charge in [-0.15, -0.1) is 11.3 Å². The Morgan fingerprint density at radius 1 is 1.24 bits per heavy atom. The molecule has 0 spiro atoms. The molecule has 0 unspecified atom stereocenters. The monoisotopic (exact) mass is 493 g/mol. The van der Waals surface area contributed by atoms with Crippen LogP contribution < -0.4 is 10.9 Å². The first-order chi connectivity index (χ1) is 16.1. The largest absolute Gasteiger partial charge is 0.385 e. The highest BCUT2D eigenvalue weighted by Gasteiger charge is 2.18. The van der Waals surface area contributed by atoms with E-state index in [1.807, 2.05) is 38.1 Å². The fourth-order valence-electron chi connectivity index (χ4n) is 3.41. The normalized spacial score (nSPS) is 11.6. The van der Waals surface area contributed by atoms with E-state index < -0.39 is 6.29 Å². The minimum absolute atomic E-state index is 0.101. The van der Waals surface area contributed by atoms with Gasteiger partial charge >= 0.3 is 0 Å². The van der Waals surface area contributed by atoms with Crippen molar-refractivity contribution in [1.29, 1.82) is 0 Å². The van der Waals surface area contributed by atoms with Crippen molar-refractivity contribution in [2.24, 2.45) is 0 Å². The highest BCUT2D eigenvalue weighted by Crippen LogP contribution is 2.31. The second kappa shape index (κ2) is 13.0. The molecule has 8 nitrogen and oxygen atoms in total. The first-order valence-corrected chi connectivity index (χ1v) is 12.9. The number of carbonyl (C=O) groups is 1. The Morgan fingerprint density at radius 2 is 2.00 bits per heavy atom. The predicted molar refractivity (Wildman–Crippen MR) is 133 cm³/mol. The van der Waals surface area contributed by atoms with Crippen LogP contribution in [0.1, 0.15) is 26.7 Å². The number of fused-ring (bicyclic) bond motifs is 3. The van der Waals surface area contributed by atoms with Crippen LogP contribution in [0.15, 0.2) is 34.2 Å². The van der Waals surface area contributed by atoms with E-state index in [1.165, 1.54) is 23.1 Å². The molecular weight excluding hydrogens is 462 g/mol. The molecule has 1 amide bonds. The molecule has 2 heterocycles. The molecule has 180 valence electrons. The number of methoxy groups -OCH3 is 1. The van der Waals surface area contributed by atoms with Crippen LogP contribution in [0.4, 0.5) is 0 Å². The van der Waals surface area contributed by atoms with Crippen LogP contribution in [0, 0.1) is 0 Å². The molecule has 0 radical (unpaired) electrons. The lowest BCUT2D eigenvalue weighted by Crippen LogP contribution is -2.29. The fraction of sp³-hybridized carbons (Fsp3) is 0.522. The van der Waals surface area contributed by atoms with E-state index in [1.54, 1.807) is 11.7 Å². The molecule has 0 atom stereocenters. The molecule has 0 saturated carbocycles. The standard InChI is InChI=1S/C23H31N3O5S2/c1-4-30-19(31-5-2)11-13-26-22(28)21-20(16-9-6-7-10-17(16)33-21)25-23(26)32-15-18(27)24-12-8-14-29-3/h6-7,9-10,19H,4-5,8,11-15H2,1-3H3,(H,24,27). The minimum Gasteiger partial charge on any atom is -0.385 e. The van der Waals surface area contributed by atoms with Crippen molar-refractivity contribution in [2.75, 3.05) is 39.2 Å². The van der Waals surface area contributed by atoms with Gasteiger partial charge in [0, 0.05) is 56.5 Å². The summed E-state index contributed by atoms with van der Waals surface area (Å²) in [6.07, 6.45) is 0.863. The summed E-state index contributed by atoms with van der Waals surface area (Å²) in [5.74, 6) is 0.0709. The lowest BCUT2D eigenvalue weighted by atomic mass is 10.2. The van der Waals surface area contributed by atoms with Gasteiger partial charge in [0.05, 0.1) is 11.3 Å². The lowest BCUT2D eigenvalue weighted by molar-refractivity contribution is -0.141.